The van der Waals surface area contributed by atoms with E-state index in [2.05, 4.69) is 24.2 Å². The molecule has 1 aromatic heterocycles. The summed E-state index contributed by atoms with van der Waals surface area (Å²) in [6.45, 7) is 4.96. The van der Waals surface area contributed by atoms with E-state index in [9.17, 15) is 4.79 Å². The Kier molecular flexibility index (Phi) is 2.81. The third-order valence-corrected chi connectivity index (χ3v) is 5.07. The Hall–Kier alpha value is -1.95. The van der Waals surface area contributed by atoms with Crippen molar-refractivity contribution in [2.24, 2.45) is 18.4 Å². The van der Waals surface area contributed by atoms with Gasteiger partial charge in [-0.3, -0.25) is 0 Å². The Bertz CT molecular complexity index is 752. The smallest absolute Gasteiger partial charge is 0.338 e. The Labute approximate surface area is 128 Å². The highest BCUT2D eigenvalue weighted by atomic mass is 16.6. The summed E-state index contributed by atoms with van der Waals surface area (Å²) >= 11 is 0. The van der Waals surface area contributed by atoms with Crippen molar-refractivity contribution < 1.29 is 14.3 Å². The van der Waals surface area contributed by atoms with Gasteiger partial charge >= 0.3 is 5.97 Å². The molecule has 1 saturated carbocycles. The van der Waals surface area contributed by atoms with Crippen molar-refractivity contribution in [3.63, 3.8) is 0 Å². The van der Waals surface area contributed by atoms with Crippen molar-refractivity contribution in [1.29, 1.82) is 0 Å². The Morgan fingerprint density at radius 1 is 1.45 bits per heavy atom. The van der Waals surface area contributed by atoms with E-state index >= 15 is 0 Å². The molecule has 6 heteroatoms. The number of carbonyl (C=O) groups excluding carboxylic acids is 1. The second kappa shape index (κ2) is 4.52. The lowest BCUT2D eigenvalue weighted by Gasteiger charge is -2.53. The van der Waals surface area contributed by atoms with Crippen LogP contribution in [0.5, 0.6) is 0 Å². The quantitative estimate of drug-likeness (QED) is 0.793. The maximum atomic E-state index is 12.5. The molecule has 0 amide bonds. The molecule has 2 aliphatic rings. The first-order chi connectivity index (χ1) is 10.5. The highest BCUT2D eigenvalue weighted by Gasteiger charge is 2.61. The van der Waals surface area contributed by atoms with Gasteiger partial charge in [0, 0.05) is 25.0 Å². The van der Waals surface area contributed by atoms with E-state index in [1.165, 1.54) is 0 Å². The van der Waals surface area contributed by atoms with Gasteiger partial charge in [0.1, 0.15) is 11.6 Å². The van der Waals surface area contributed by atoms with Crippen molar-refractivity contribution in [2.75, 3.05) is 6.61 Å². The third-order valence-electron chi connectivity index (χ3n) is 5.07. The van der Waals surface area contributed by atoms with Gasteiger partial charge in [-0.2, -0.15) is 0 Å². The van der Waals surface area contributed by atoms with E-state index in [-0.39, 0.29) is 23.6 Å². The molecule has 3 atom stereocenters. The zero-order valence-electron chi connectivity index (χ0n) is 12.9. The average Bonchev–Trinajstić information content (AvgIpc) is 3.10. The van der Waals surface area contributed by atoms with E-state index in [1.807, 2.05) is 13.1 Å². The van der Waals surface area contributed by atoms with Crippen LogP contribution in [-0.4, -0.2) is 39.8 Å². The van der Waals surface area contributed by atoms with E-state index in [4.69, 9.17) is 9.47 Å². The van der Waals surface area contributed by atoms with Crippen molar-refractivity contribution in [2.45, 2.75) is 32.5 Å². The highest BCUT2D eigenvalue weighted by molar-refractivity contribution is 5.93. The molecule has 0 spiro atoms. The minimum atomic E-state index is -0.295. The number of benzene rings is 1. The van der Waals surface area contributed by atoms with E-state index in [0.717, 1.165) is 18.5 Å². The first-order valence-electron chi connectivity index (χ1n) is 7.60. The van der Waals surface area contributed by atoms with Crippen molar-refractivity contribution >= 4 is 17.0 Å². The van der Waals surface area contributed by atoms with Crippen LogP contribution in [0.4, 0.5) is 0 Å². The summed E-state index contributed by atoms with van der Waals surface area (Å²) in [6.07, 6.45) is 1.10. The van der Waals surface area contributed by atoms with Gasteiger partial charge in [0.25, 0.3) is 0 Å². The maximum Gasteiger partial charge on any atom is 0.338 e. The third kappa shape index (κ3) is 1.80. The molecule has 0 N–H and O–H groups in total. The first kappa shape index (κ1) is 13.7. The van der Waals surface area contributed by atoms with Crippen LogP contribution in [-0.2, 0) is 16.5 Å². The summed E-state index contributed by atoms with van der Waals surface area (Å²) in [7, 11) is 1.82. The van der Waals surface area contributed by atoms with Crippen LogP contribution in [0.2, 0.25) is 0 Å². The maximum absolute atomic E-state index is 12.5. The van der Waals surface area contributed by atoms with Crippen LogP contribution in [0.25, 0.3) is 11.0 Å². The minimum absolute atomic E-state index is 0.0787. The van der Waals surface area contributed by atoms with Crippen molar-refractivity contribution in [1.82, 2.24) is 15.0 Å². The van der Waals surface area contributed by atoms with E-state index < -0.39 is 0 Å². The van der Waals surface area contributed by atoms with Gasteiger partial charge in [-0.05, 0) is 24.6 Å². The first-order valence-corrected chi connectivity index (χ1v) is 7.60. The molecule has 2 heterocycles. The normalized spacial score (nSPS) is 29.1. The van der Waals surface area contributed by atoms with Gasteiger partial charge < -0.3 is 9.47 Å². The van der Waals surface area contributed by atoms with Crippen molar-refractivity contribution in [3.05, 3.63) is 23.8 Å². The number of carbonyl (C=O) groups is 1. The number of fused-ring (bicyclic) bond motifs is 2. The fraction of sp³-hybridized carbons (Fsp3) is 0.562. The molecule has 1 aromatic carbocycles. The molecule has 0 bridgehead atoms. The van der Waals surface area contributed by atoms with Gasteiger partial charge in [0.15, 0.2) is 0 Å². The Morgan fingerprint density at radius 3 is 3.09 bits per heavy atom. The largest absolute Gasteiger partial charge is 0.458 e. The molecule has 2 fully saturated rings. The molecular formula is C16H19N3O3. The topological polar surface area (TPSA) is 66.2 Å². The lowest BCUT2D eigenvalue weighted by Crippen LogP contribution is -2.61. The molecule has 116 valence electrons. The number of rotatable bonds is 2. The van der Waals surface area contributed by atoms with Crippen LogP contribution in [0, 0.1) is 11.3 Å². The molecular weight excluding hydrogens is 282 g/mol. The predicted octanol–water partition coefficient (Wildman–Crippen LogP) is 1.94. The fourth-order valence-corrected chi connectivity index (χ4v) is 3.87. The zero-order chi connectivity index (χ0) is 15.5. The lowest BCUT2D eigenvalue weighted by molar-refractivity contribution is -0.183. The van der Waals surface area contributed by atoms with E-state index in [1.54, 1.807) is 16.8 Å². The van der Waals surface area contributed by atoms with Crippen molar-refractivity contribution in [3.8, 4) is 0 Å². The number of esters is 1. The molecule has 0 unspecified atom stereocenters. The number of hydrogen-bond donors (Lipinski definition) is 0. The minimum Gasteiger partial charge on any atom is -0.458 e. The zero-order valence-corrected chi connectivity index (χ0v) is 12.9. The standard InChI is InChI=1S/C16H19N3O3/c1-16(2)13-10(6-7-21-13)14(16)22-15(20)9-4-5-12-11(8-9)17-18-19(12)3/h4-5,8,10,13-14H,6-7H2,1-3H3/t10-,13+,14-/m1/s1. The molecule has 4 rings (SSSR count). The number of aromatic nitrogens is 3. The molecule has 1 aliphatic carbocycles. The Morgan fingerprint density at radius 2 is 2.27 bits per heavy atom. The predicted molar refractivity (Wildman–Crippen MR) is 79.3 cm³/mol. The van der Waals surface area contributed by atoms with Crippen LogP contribution < -0.4 is 0 Å². The highest BCUT2D eigenvalue weighted by Crippen LogP contribution is 2.53. The van der Waals surface area contributed by atoms with Crippen LogP contribution in [0.1, 0.15) is 30.6 Å². The summed E-state index contributed by atoms with van der Waals surface area (Å²) in [5, 5.41) is 7.99. The fourth-order valence-electron chi connectivity index (χ4n) is 3.87. The van der Waals surface area contributed by atoms with E-state index in [0.29, 0.717) is 17.0 Å². The number of nitrogens with zero attached hydrogens (tertiary/aromatic N) is 3. The van der Waals surface area contributed by atoms with Crippen LogP contribution in [0.3, 0.4) is 0 Å². The molecule has 2 aromatic rings. The van der Waals surface area contributed by atoms with Gasteiger partial charge in [0.2, 0.25) is 0 Å². The molecule has 6 nitrogen and oxygen atoms in total. The Balaban J connectivity index is 1.56. The average molecular weight is 301 g/mol. The van der Waals surface area contributed by atoms with Gasteiger partial charge in [-0.1, -0.05) is 19.1 Å². The van der Waals surface area contributed by atoms with Crippen LogP contribution in [0.15, 0.2) is 18.2 Å². The van der Waals surface area contributed by atoms with Gasteiger partial charge in [-0.15, -0.1) is 5.10 Å². The number of hydrogen-bond acceptors (Lipinski definition) is 5. The molecule has 1 aliphatic heterocycles. The SMILES string of the molecule is Cn1nnc2cc(C(=O)O[C@@H]3[C@@H]4CCO[C@@H]4C3(C)C)ccc21. The monoisotopic (exact) mass is 301 g/mol. The second-order valence-corrected chi connectivity index (χ2v) is 6.81. The van der Waals surface area contributed by atoms with Gasteiger partial charge in [-0.25, -0.2) is 9.48 Å². The molecule has 1 saturated heterocycles. The van der Waals surface area contributed by atoms with Crippen LogP contribution >= 0.6 is 0 Å². The molecule has 22 heavy (non-hydrogen) atoms. The lowest BCUT2D eigenvalue weighted by atomic mass is 9.59. The number of ether oxygens (including phenoxy) is 2. The second-order valence-electron chi connectivity index (χ2n) is 6.81. The number of aryl methyl sites for hydroxylation is 1. The summed E-state index contributed by atoms with van der Waals surface area (Å²) < 4.78 is 13.2. The summed E-state index contributed by atoms with van der Waals surface area (Å²) in [5.41, 5.74) is 2.00. The van der Waals surface area contributed by atoms with Gasteiger partial charge in [0.05, 0.1) is 17.2 Å². The summed E-state index contributed by atoms with van der Waals surface area (Å²) in [5.74, 6) is 0.0372. The summed E-state index contributed by atoms with van der Waals surface area (Å²) in [4.78, 5) is 12.5. The summed E-state index contributed by atoms with van der Waals surface area (Å²) in [6, 6.07) is 5.35. The molecule has 0 radical (unpaired) electrons.